The van der Waals surface area contributed by atoms with Crippen LogP contribution in [0.1, 0.15) is 36.8 Å². The first-order valence-corrected chi connectivity index (χ1v) is 12.7. The number of nitrogens with one attached hydrogen (secondary N) is 1. The van der Waals surface area contributed by atoms with Gasteiger partial charge in [0.2, 0.25) is 0 Å². The summed E-state index contributed by atoms with van der Waals surface area (Å²) in [7, 11) is 1.53. The molecule has 2 N–H and O–H groups in total. The van der Waals surface area contributed by atoms with E-state index < -0.39 is 5.54 Å². The fourth-order valence-corrected chi connectivity index (χ4v) is 5.73. The summed E-state index contributed by atoms with van der Waals surface area (Å²) in [4.78, 5) is 30.6. The molecule has 2 aromatic carbocycles. The Kier molecular flexibility index (Phi) is 6.64. The molecule has 1 saturated carbocycles. The first kappa shape index (κ1) is 23.9. The van der Waals surface area contributed by atoms with E-state index in [2.05, 4.69) is 10.2 Å². The van der Waals surface area contributed by atoms with Crippen molar-refractivity contribution in [3.8, 4) is 11.5 Å². The molecule has 7 nitrogen and oxygen atoms in total. The molecule has 3 aliphatic rings. The van der Waals surface area contributed by atoms with Crippen molar-refractivity contribution in [2.75, 3.05) is 26.7 Å². The predicted octanol–water partition coefficient (Wildman–Crippen LogP) is 4.21. The van der Waals surface area contributed by atoms with Crippen LogP contribution >= 0.6 is 11.6 Å². The van der Waals surface area contributed by atoms with E-state index >= 15 is 0 Å². The topological polar surface area (TPSA) is 82.1 Å². The van der Waals surface area contributed by atoms with E-state index in [0.717, 1.165) is 49.9 Å². The molecule has 3 amide bonds. The smallest absolute Gasteiger partial charge is 0.325 e. The molecule has 2 aromatic rings. The fourth-order valence-electron chi connectivity index (χ4n) is 5.53. The Hall–Kier alpha value is -2.77. The Morgan fingerprint density at radius 3 is 2.51 bits per heavy atom. The van der Waals surface area contributed by atoms with E-state index in [4.69, 9.17) is 16.3 Å². The summed E-state index contributed by atoms with van der Waals surface area (Å²) in [6.45, 7) is 2.81. The van der Waals surface area contributed by atoms with Crippen LogP contribution in [0.4, 0.5) is 4.79 Å². The van der Waals surface area contributed by atoms with Gasteiger partial charge in [-0.3, -0.25) is 14.6 Å². The zero-order chi connectivity index (χ0) is 24.6. The van der Waals surface area contributed by atoms with Crippen molar-refractivity contribution in [3.63, 3.8) is 0 Å². The largest absolute Gasteiger partial charge is 0.504 e. The van der Waals surface area contributed by atoms with E-state index in [-0.39, 0.29) is 23.6 Å². The van der Waals surface area contributed by atoms with Crippen LogP contribution < -0.4 is 10.1 Å². The molecule has 1 aliphatic carbocycles. The quantitative estimate of drug-likeness (QED) is 0.534. The van der Waals surface area contributed by atoms with Gasteiger partial charge in [-0.05, 0) is 79.9 Å². The van der Waals surface area contributed by atoms with Crippen molar-refractivity contribution >= 4 is 23.5 Å². The Morgan fingerprint density at radius 2 is 1.86 bits per heavy atom. The number of carbonyl (C=O) groups is 2. The Bertz CT molecular complexity index is 1110. The van der Waals surface area contributed by atoms with E-state index in [1.54, 1.807) is 12.1 Å². The number of carbonyl (C=O) groups excluding carboxylic acids is 2. The molecule has 0 bridgehead atoms. The lowest BCUT2D eigenvalue weighted by molar-refractivity contribution is -0.134. The van der Waals surface area contributed by atoms with Crippen molar-refractivity contribution in [1.29, 1.82) is 0 Å². The zero-order valence-electron chi connectivity index (χ0n) is 20.0. The lowest BCUT2D eigenvalue weighted by Gasteiger charge is -2.41. The van der Waals surface area contributed by atoms with Crippen LogP contribution in [0.2, 0.25) is 5.02 Å². The number of hydrogen-bond acceptors (Lipinski definition) is 5. The summed E-state index contributed by atoms with van der Waals surface area (Å²) >= 11 is 6.49. The van der Waals surface area contributed by atoms with Crippen LogP contribution in [0, 0.1) is 11.8 Å². The molecular formula is C27H32ClN3O4. The van der Waals surface area contributed by atoms with Gasteiger partial charge in [0.15, 0.2) is 11.5 Å². The highest BCUT2D eigenvalue weighted by Gasteiger charge is 2.56. The van der Waals surface area contributed by atoms with Crippen LogP contribution in [0.5, 0.6) is 11.5 Å². The van der Waals surface area contributed by atoms with Crippen molar-refractivity contribution in [1.82, 2.24) is 15.1 Å². The molecule has 2 aliphatic heterocycles. The van der Waals surface area contributed by atoms with Crippen LogP contribution in [0.25, 0.3) is 0 Å². The lowest BCUT2D eigenvalue weighted by atomic mass is 9.73. The molecule has 2 saturated heterocycles. The first-order valence-electron chi connectivity index (χ1n) is 12.4. The van der Waals surface area contributed by atoms with Crippen LogP contribution in [0.3, 0.4) is 0 Å². The molecule has 2 heterocycles. The minimum absolute atomic E-state index is 0.0138. The SMILES string of the molecule is COc1ccc(CN2CCC(C3(Cc4ccccc4Cl)NC(=O)N(CC4CC4)C3=O)CC2)cc1O. The van der Waals surface area contributed by atoms with E-state index in [1.807, 2.05) is 30.3 Å². The molecule has 8 heteroatoms. The molecule has 5 rings (SSSR count). The predicted molar refractivity (Wildman–Crippen MR) is 134 cm³/mol. The number of piperidine rings is 1. The molecule has 3 fully saturated rings. The second-order valence-corrected chi connectivity index (χ2v) is 10.5. The average Bonchev–Trinajstić information content (AvgIpc) is 3.64. The number of aromatic hydroxyl groups is 1. The summed E-state index contributed by atoms with van der Waals surface area (Å²) < 4.78 is 5.14. The van der Waals surface area contributed by atoms with Gasteiger partial charge in [-0.1, -0.05) is 35.9 Å². The van der Waals surface area contributed by atoms with Crippen molar-refractivity contribution in [2.45, 2.75) is 44.2 Å². The number of phenolic OH excluding ortho intramolecular Hbond substituents is 1. The van der Waals surface area contributed by atoms with Gasteiger partial charge >= 0.3 is 6.03 Å². The number of likely N-dealkylation sites (tertiary alicyclic amines) is 1. The maximum atomic E-state index is 13.8. The normalized spacial score (nSPS) is 23.5. The van der Waals surface area contributed by atoms with Gasteiger partial charge < -0.3 is 15.2 Å². The van der Waals surface area contributed by atoms with Crippen LogP contribution in [-0.2, 0) is 17.8 Å². The molecule has 1 unspecified atom stereocenters. The van der Waals surface area contributed by atoms with Gasteiger partial charge in [-0.2, -0.15) is 0 Å². The van der Waals surface area contributed by atoms with E-state index in [9.17, 15) is 14.7 Å². The number of phenols is 1. The molecular weight excluding hydrogens is 466 g/mol. The number of hydrogen-bond donors (Lipinski definition) is 2. The van der Waals surface area contributed by atoms with Gasteiger partial charge in [-0.15, -0.1) is 0 Å². The van der Waals surface area contributed by atoms with Gasteiger partial charge in [0.05, 0.1) is 7.11 Å². The molecule has 0 spiro atoms. The summed E-state index contributed by atoms with van der Waals surface area (Å²) in [5.74, 6) is 0.935. The maximum Gasteiger partial charge on any atom is 0.325 e. The van der Waals surface area contributed by atoms with Gasteiger partial charge in [-0.25, -0.2) is 4.79 Å². The fraction of sp³-hybridized carbons (Fsp3) is 0.481. The van der Waals surface area contributed by atoms with Crippen LogP contribution in [0.15, 0.2) is 42.5 Å². The Balaban J connectivity index is 1.33. The second-order valence-electron chi connectivity index (χ2n) is 10.1. The van der Waals surface area contributed by atoms with Crippen molar-refractivity contribution < 1.29 is 19.4 Å². The second kappa shape index (κ2) is 9.70. The first-order chi connectivity index (χ1) is 16.9. The molecule has 0 radical (unpaired) electrons. The minimum Gasteiger partial charge on any atom is -0.504 e. The minimum atomic E-state index is -0.971. The molecule has 35 heavy (non-hydrogen) atoms. The molecule has 1 atom stereocenters. The number of ether oxygens (including phenoxy) is 1. The lowest BCUT2D eigenvalue weighted by Crippen LogP contribution is -2.57. The van der Waals surface area contributed by atoms with Gasteiger partial charge in [0.25, 0.3) is 5.91 Å². The highest BCUT2D eigenvalue weighted by molar-refractivity contribution is 6.31. The van der Waals surface area contributed by atoms with E-state index in [0.29, 0.717) is 36.2 Å². The standard InChI is InChI=1S/C27H32ClN3O4/c1-35-24-9-8-19(14-23(24)32)16-30-12-10-21(11-13-30)27(15-20-4-2-3-5-22(20)28)25(33)31(26(34)29-27)17-18-6-7-18/h2-5,8-9,14,18,21,32H,6-7,10-13,15-17H2,1H3,(H,29,34). The highest BCUT2D eigenvalue weighted by atomic mass is 35.5. The number of imide groups is 1. The number of methoxy groups -OCH3 is 1. The summed E-state index contributed by atoms with van der Waals surface area (Å²) in [6, 6.07) is 12.8. The van der Waals surface area contributed by atoms with Crippen LogP contribution in [-0.4, -0.2) is 59.1 Å². The van der Waals surface area contributed by atoms with Gasteiger partial charge in [0, 0.05) is 24.5 Å². The van der Waals surface area contributed by atoms with Crippen molar-refractivity contribution in [2.24, 2.45) is 11.8 Å². The number of nitrogens with zero attached hydrogens (tertiary/aromatic N) is 2. The molecule has 0 aromatic heterocycles. The number of urea groups is 1. The van der Waals surface area contributed by atoms with Gasteiger partial charge in [0.1, 0.15) is 5.54 Å². The van der Waals surface area contributed by atoms with E-state index in [1.165, 1.54) is 12.0 Å². The highest BCUT2D eigenvalue weighted by Crippen LogP contribution is 2.40. The number of rotatable bonds is 8. The maximum absolute atomic E-state index is 13.8. The third-order valence-electron chi connectivity index (χ3n) is 7.70. The number of halogens is 1. The Labute approximate surface area is 211 Å². The summed E-state index contributed by atoms with van der Waals surface area (Å²) in [5.41, 5.74) is 0.919. The summed E-state index contributed by atoms with van der Waals surface area (Å²) in [6.07, 6.45) is 4.13. The summed E-state index contributed by atoms with van der Waals surface area (Å²) in [5, 5.41) is 13.9. The average molecular weight is 498 g/mol. The zero-order valence-corrected chi connectivity index (χ0v) is 20.8. The van der Waals surface area contributed by atoms with Crippen molar-refractivity contribution in [3.05, 3.63) is 58.6 Å². The Morgan fingerprint density at radius 1 is 1.11 bits per heavy atom. The number of amides is 3. The monoisotopic (exact) mass is 497 g/mol. The molecule has 186 valence electrons. The third kappa shape index (κ3) is 4.84. The third-order valence-corrected chi connectivity index (χ3v) is 8.07. The number of benzene rings is 2.